The van der Waals surface area contributed by atoms with Crippen molar-refractivity contribution < 1.29 is 8.42 Å². The molecule has 7 heteroatoms. The van der Waals surface area contributed by atoms with Gasteiger partial charge in [-0.05, 0) is 42.3 Å². The molecular formula is C19H18Cl2N2O2S. The van der Waals surface area contributed by atoms with Crippen molar-refractivity contribution in [3.8, 4) is 0 Å². The van der Waals surface area contributed by atoms with Crippen LogP contribution in [0.1, 0.15) is 18.1 Å². The first-order chi connectivity index (χ1) is 12.4. The molecule has 0 amide bonds. The number of hydrogen-bond acceptors (Lipinski definition) is 4. The zero-order valence-corrected chi connectivity index (χ0v) is 16.5. The van der Waals surface area contributed by atoms with E-state index >= 15 is 0 Å². The maximum absolute atomic E-state index is 12.9. The number of aliphatic imine (C=N–C) groups is 1. The Hall–Kier alpha value is -1.82. The normalized spacial score (nSPS) is 14.8. The van der Waals surface area contributed by atoms with Crippen LogP contribution in [0.4, 0.5) is 0 Å². The number of halogens is 2. The van der Waals surface area contributed by atoms with Gasteiger partial charge in [0.25, 0.3) is 0 Å². The molecule has 136 valence electrons. The van der Waals surface area contributed by atoms with Gasteiger partial charge in [0.2, 0.25) is 9.84 Å². The molecule has 0 saturated carbocycles. The topological polar surface area (TPSA) is 49.7 Å². The molecule has 0 radical (unpaired) electrons. The Labute approximate surface area is 163 Å². The van der Waals surface area contributed by atoms with Crippen molar-refractivity contribution in [1.82, 2.24) is 4.90 Å². The highest BCUT2D eigenvalue weighted by molar-refractivity contribution is 7.94. The van der Waals surface area contributed by atoms with Crippen LogP contribution in [0.15, 0.2) is 64.8 Å². The molecule has 0 unspecified atom stereocenters. The average Bonchev–Trinajstić information content (AvgIpc) is 2.63. The lowest BCUT2D eigenvalue weighted by Gasteiger charge is -2.25. The minimum Gasteiger partial charge on any atom is -0.369 e. The fraction of sp³-hybridized carbons (Fsp3) is 0.211. The average molecular weight is 409 g/mol. The Kier molecular flexibility index (Phi) is 5.70. The van der Waals surface area contributed by atoms with Crippen LogP contribution in [0.5, 0.6) is 0 Å². The summed E-state index contributed by atoms with van der Waals surface area (Å²) in [4.78, 5) is 6.38. The SMILES string of the molecule is CCN1C=C(S(=O)(=O)Cc2ccc(Cl)cc2)N=C(c2ccc(Cl)cc2)C1. The molecule has 0 atom stereocenters. The molecule has 26 heavy (non-hydrogen) atoms. The van der Waals surface area contributed by atoms with Gasteiger partial charge in [-0.15, -0.1) is 0 Å². The number of rotatable bonds is 5. The van der Waals surface area contributed by atoms with E-state index in [4.69, 9.17) is 23.2 Å². The van der Waals surface area contributed by atoms with Crippen molar-refractivity contribution in [2.24, 2.45) is 4.99 Å². The largest absolute Gasteiger partial charge is 0.369 e. The Balaban J connectivity index is 1.93. The van der Waals surface area contributed by atoms with Gasteiger partial charge in [0.15, 0.2) is 5.03 Å². The highest BCUT2D eigenvalue weighted by Gasteiger charge is 2.24. The number of hydrogen-bond donors (Lipinski definition) is 0. The predicted octanol–water partition coefficient (Wildman–Crippen LogP) is 4.53. The molecule has 0 aliphatic carbocycles. The number of likely N-dealkylation sites (N-methyl/N-ethyl adjacent to an activating group) is 1. The Morgan fingerprint density at radius 2 is 1.58 bits per heavy atom. The lowest BCUT2D eigenvalue weighted by molar-refractivity contribution is 0.443. The van der Waals surface area contributed by atoms with E-state index in [1.54, 1.807) is 42.6 Å². The molecule has 0 spiro atoms. The minimum absolute atomic E-state index is 0.0745. The quantitative estimate of drug-likeness (QED) is 0.729. The second-order valence-electron chi connectivity index (χ2n) is 5.98. The Morgan fingerprint density at radius 1 is 1.00 bits per heavy atom. The van der Waals surface area contributed by atoms with E-state index in [1.807, 2.05) is 24.0 Å². The van der Waals surface area contributed by atoms with E-state index in [-0.39, 0.29) is 10.8 Å². The van der Waals surface area contributed by atoms with Crippen molar-refractivity contribution in [3.05, 3.63) is 80.9 Å². The Morgan fingerprint density at radius 3 is 2.15 bits per heavy atom. The molecule has 2 aromatic carbocycles. The summed E-state index contributed by atoms with van der Waals surface area (Å²) in [5.41, 5.74) is 2.24. The highest BCUT2D eigenvalue weighted by atomic mass is 35.5. The molecule has 2 aromatic rings. The van der Waals surface area contributed by atoms with E-state index in [1.165, 1.54) is 0 Å². The smallest absolute Gasteiger partial charge is 0.201 e. The van der Waals surface area contributed by atoms with Gasteiger partial charge in [0, 0.05) is 22.8 Å². The summed E-state index contributed by atoms with van der Waals surface area (Å²) in [5, 5.41) is 1.28. The molecule has 0 aromatic heterocycles. The van der Waals surface area contributed by atoms with E-state index in [9.17, 15) is 8.42 Å². The molecule has 0 bridgehead atoms. The zero-order chi connectivity index (χ0) is 18.7. The van der Waals surface area contributed by atoms with Crippen LogP contribution in [0.3, 0.4) is 0 Å². The van der Waals surface area contributed by atoms with Crippen LogP contribution in [0.25, 0.3) is 0 Å². The number of sulfone groups is 1. The third kappa shape index (κ3) is 4.47. The van der Waals surface area contributed by atoms with Gasteiger partial charge >= 0.3 is 0 Å². The lowest BCUT2D eigenvalue weighted by Crippen LogP contribution is -2.30. The maximum Gasteiger partial charge on any atom is 0.201 e. The summed E-state index contributed by atoms with van der Waals surface area (Å²) < 4.78 is 25.8. The second-order valence-corrected chi connectivity index (χ2v) is 8.79. The van der Waals surface area contributed by atoms with Gasteiger partial charge in [-0.2, -0.15) is 0 Å². The molecular weight excluding hydrogens is 391 g/mol. The van der Waals surface area contributed by atoms with Crippen molar-refractivity contribution in [3.63, 3.8) is 0 Å². The fourth-order valence-corrected chi connectivity index (χ4v) is 4.21. The van der Waals surface area contributed by atoms with E-state index < -0.39 is 9.84 Å². The van der Waals surface area contributed by atoms with Gasteiger partial charge in [-0.3, -0.25) is 0 Å². The van der Waals surface area contributed by atoms with Crippen molar-refractivity contribution >= 4 is 38.8 Å². The van der Waals surface area contributed by atoms with Crippen LogP contribution < -0.4 is 0 Å². The number of nitrogens with zero attached hydrogens (tertiary/aromatic N) is 2. The summed E-state index contributed by atoms with van der Waals surface area (Å²) in [7, 11) is -3.58. The van der Waals surface area contributed by atoms with Gasteiger partial charge in [0.05, 0.1) is 18.0 Å². The summed E-state index contributed by atoms with van der Waals surface area (Å²) in [6.45, 7) is 3.22. The minimum atomic E-state index is -3.58. The summed E-state index contributed by atoms with van der Waals surface area (Å²) in [5.74, 6) is -0.120. The summed E-state index contributed by atoms with van der Waals surface area (Å²) >= 11 is 11.8. The van der Waals surface area contributed by atoms with Crippen LogP contribution >= 0.6 is 23.2 Å². The molecule has 0 N–H and O–H groups in total. The van der Waals surface area contributed by atoms with Gasteiger partial charge < -0.3 is 4.90 Å². The van der Waals surface area contributed by atoms with Gasteiger partial charge in [0.1, 0.15) is 0 Å². The molecule has 4 nitrogen and oxygen atoms in total. The molecule has 0 fully saturated rings. The van der Waals surface area contributed by atoms with E-state index in [0.717, 1.165) is 5.56 Å². The standard InChI is InChI=1S/C19H18Cl2N2O2S/c1-2-23-11-18(15-5-9-17(21)10-6-15)22-19(12-23)26(24,25)13-14-3-7-16(20)8-4-14/h3-10,12H,2,11,13H2,1H3. The predicted molar refractivity (Wildman–Crippen MR) is 107 cm³/mol. The molecule has 1 aliphatic rings. The molecule has 1 aliphatic heterocycles. The molecule has 1 heterocycles. The van der Waals surface area contributed by atoms with Crippen LogP contribution in [-0.2, 0) is 15.6 Å². The van der Waals surface area contributed by atoms with Gasteiger partial charge in [-0.25, -0.2) is 13.4 Å². The monoisotopic (exact) mass is 408 g/mol. The fourth-order valence-electron chi connectivity index (χ4n) is 2.62. The second kappa shape index (κ2) is 7.82. The van der Waals surface area contributed by atoms with Crippen LogP contribution in [0, 0.1) is 0 Å². The van der Waals surface area contributed by atoms with Crippen LogP contribution in [-0.4, -0.2) is 32.1 Å². The third-order valence-corrected chi connectivity index (χ3v) is 6.11. The molecule has 3 rings (SSSR count). The van der Waals surface area contributed by atoms with E-state index in [0.29, 0.717) is 34.4 Å². The maximum atomic E-state index is 12.9. The Bertz CT molecular complexity index is 950. The third-order valence-electron chi connectivity index (χ3n) is 4.06. The van der Waals surface area contributed by atoms with Crippen LogP contribution in [0.2, 0.25) is 10.0 Å². The number of benzene rings is 2. The van der Waals surface area contributed by atoms with Crippen molar-refractivity contribution in [2.45, 2.75) is 12.7 Å². The summed E-state index contributed by atoms with van der Waals surface area (Å²) in [6.07, 6.45) is 1.62. The highest BCUT2D eigenvalue weighted by Crippen LogP contribution is 2.23. The first kappa shape index (κ1) is 19.0. The van der Waals surface area contributed by atoms with Gasteiger partial charge in [-0.1, -0.05) is 47.5 Å². The first-order valence-electron chi connectivity index (χ1n) is 8.14. The van der Waals surface area contributed by atoms with Crippen molar-refractivity contribution in [2.75, 3.05) is 13.1 Å². The zero-order valence-electron chi connectivity index (χ0n) is 14.2. The van der Waals surface area contributed by atoms with Crippen molar-refractivity contribution in [1.29, 1.82) is 0 Å². The van der Waals surface area contributed by atoms with E-state index in [2.05, 4.69) is 4.99 Å². The molecule has 0 saturated heterocycles. The lowest BCUT2D eigenvalue weighted by atomic mass is 10.1. The summed E-state index contributed by atoms with van der Waals surface area (Å²) in [6, 6.07) is 14.0. The first-order valence-corrected chi connectivity index (χ1v) is 10.5.